The topological polar surface area (TPSA) is 37.4 Å². The summed E-state index contributed by atoms with van der Waals surface area (Å²) in [4.78, 5) is 2.19. The molecule has 1 unspecified atom stereocenters. The highest BCUT2D eigenvalue weighted by atomic mass is 32.2. The minimum absolute atomic E-state index is 0.590. The third-order valence-corrected chi connectivity index (χ3v) is 7.63. The van der Waals surface area contributed by atoms with Crippen molar-refractivity contribution in [3.8, 4) is 0 Å². The Kier molecular flexibility index (Phi) is 3.36. The van der Waals surface area contributed by atoms with Crippen LogP contribution in [0.5, 0.6) is 0 Å². The lowest BCUT2D eigenvalue weighted by Crippen LogP contribution is -2.45. The number of sulfone groups is 1. The maximum Gasteiger partial charge on any atom is 0.195 e. The largest absolute Gasteiger partial charge is 0.302 e. The number of fused-ring (bicyclic) bond motifs is 1. The van der Waals surface area contributed by atoms with Gasteiger partial charge in [0.2, 0.25) is 0 Å². The van der Waals surface area contributed by atoms with E-state index in [9.17, 15) is 8.42 Å². The van der Waals surface area contributed by atoms with Crippen LogP contribution in [0.2, 0.25) is 0 Å². The summed E-state index contributed by atoms with van der Waals surface area (Å²) >= 11 is 1.36. The van der Waals surface area contributed by atoms with E-state index in [0.717, 1.165) is 18.7 Å². The molecule has 1 aliphatic heterocycles. The van der Waals surface area contributed by atoms with Gasteiger partial charge in [-0.2, -0.15) is 0 Å². The Hall–Kier alpha value is -0.390. The molecule has 5 heteroatoms. The third kappa shape index (κ3) is 1.94. The van der Waals surface area contributed by atoms with Crippen molar-refractivity contribution in [2.45, 2.75) is 36.1 Å². The number of hydrogen-bond donors (Lipinski definition) is 0. The van der Waals surface area contributed by atoms with Crippen molar-refractivity contribution in [3.63, 3.8) is 0 Å². The van der Waals surface area contributed by atoms with E-state index in [1.54, 1.807) is 0 Å². The van der Waals surface area contributed by atoms with Crippen molar-refractivity contribution in [1.29, 1.82) is 0 Å². The summed E-state index contributed by atoms with van der Waals surface area (Å²) in [6.45, 7) is 8.45. The summed E-state index contributed by atoms with van der Waals surface area (Å²) in [5.74, 6) is 0. The van der Waals surface area contributed by atoms with Gasteiger partial charge in [0.1, 0.15) is 4.21 Å². The molecule has 0 saturated heterocycles. The lowest BCUT2D eigenvalue weighted by atomic mass is 10.0. The van der Waals surface area contributed by atoms with E-state index < -0.39 is 14.6 Å². The Morgan fingerprint density at radius 2 is 2.06 bits per heavy atom. The average molecular weight is 273 g/mol. The minimum Gasteiger partial charge on any atom is -0.302 e. The van der Waals surface area contributed by atoms with Crippen molar-refractivity contribution in [2.75, 3.05) is 19.6 Å². The van der Waals surface area contributed by atoms with Gasteiger partial charge in [0, 0.05) is 6.54 Å². The van der Waals surface area contributed by atoms with Gasteiger partial charge in [-0.15, -0.1) is 11.3 Å². The van der Waals surface area contributed by atoms with Crippen molar-refractivity contribution < 1.29 is 8.42 Å². The molecule has 1 atom stereocenters. The SMILES string of the molecule is CCN(CC)CC1(C)Cc2ccsc2S1(=O)=O. The number of nitrogens with zero attached hydrogens (tertiary/aromatic N) is 1. The molecular formula is C12H19NO2S2. The zero-order chi connectivity index (χ0) is 12.7. The lowest BCUT2D eigenvalue weighted by molar-refractivity contribution is 0.271. The average Bonchev–Trinajstić information content (AvgIpc) is 2.79. The molecule has 1 aromatic rings. The second-order valence-corrected chi connectivity index (χ2v) is 8.40. The van der Waals surface area contributed by atoms with E-state index in [1.165, 1.54) is 11.3 Å². The molecule has 0 aromatic carbocycles. The first kappa shape index (κ1) is 13.1. The highest BCUT2D eigenvalue weighted by Crippen LogP contribution is 2.42. The normalized spacial score (nSPS) is 26.4. The third-order valence-electron chi connectivity index (χ3n) is 3.62. The van der Waals surface area contributed by atoms with E-state index in [-0.39, 0.29) is 0 Å². The molecule has 0 saturated carbocycles. The van der Waals surface area contributed by atoms with Crippen LogP contribution in [-0.4, -0.2) is 37.7 Å². The molecular weight excluding hydrogens is 254 g/mol. The van der Waals surface area contributed by atoms with E-state index in [0.29, 0.717) is 17.2 Å². The molecule has 0 radical (unpaired) electrons. The quantitative estimate of drug-likeness (QED) is 0.844. The maximum atomic E-state index is 12.5. The summed E-state index contributed by atoms with van der Waals surface area (Å²) in [7, 11) is -3.14. The fourth-order valence-corrected chi connectivity index (χ4v) is 6.03. The predicted molar refractivity (Wildman–Crippen MR) is 71.4 cm³/mol. The van der Waals surface area contributed by atoms with Gasteiger partial charge in [0.25, 0.3) is 0 Å². The molecule has 2 heterocycles. The van der Waals surface area contributed by atoms with E-state index in [4.69, 9.17) is 0 Å². The molecule has 2 rings (SSSR count). The fraction of sp³-hybridized carbons (Fsp3) is 0.667. The predicted octanol–water partition coefficient (Wildman–Crippen LogP) is 2.18. The molecule has 0 spiro atoms. The summed E-state index contributed by atoms with van der Waals surface area (Å²) < 4.78 is 25.0. The van der Waals surface area contributed by atoms with Crippen LogP contribution in [0.4, 0.5) is 0 Å². The van der Waals surface area contributed by atoms with Gasteiger partial charge < -0.3 is 4.90 Å². The van der Waals surface area contributed by atoms with Gasteiger partial charge in [-0.1, -0.05) is 13.8 Å². The minimum atomic E-state index is -3.14. The highest BCUT2D eigenvalue weighted by molar-refractivity contribution is 7.95. The lowest BCUT2D eigenvalue weighted by Gasteiger charge is -2.30. The van der Waals surface area contributed by atoms with Crippen LogP contribution in [0.25, 0.3) is 0 Å². The first-order valence-corrected chi connectivity index (χ1v) is 8.34. The Morgan fingerprint density at radius 1 is 1.41 bits per heavy atom. The van der Waals surface area contributed by atoms with Gasteiger partial charge in [-0.3, -0.25) is 0 Å². The first-order valence-electron chi connectivity index (χ1n) is 5.98. The molecule has 0 amide bonds. The highest BCUT2D eigenvalue weighted by Gasteiger charge is 2.48. The van der Waals surface area contributed by atoms with Crippen LogP contribution in [0, 0.1) is 0 Å². The van der Waals surface area contributed by atoms with E-state index >= 15 is 0 Å². The second-order valence-electron chi connectivity index (χ2n) is 4.82. The summed E-state index contributed by atoms with van der Waals surface area (Å²) in [6, 6.07) is 1.95. The summed E-state index contributed by atoms with van der Waals surface area (Å²) in [5.41, 5.74) is 1.00. The zero-order valence-electron chi connectivity index (χ0n) is 10.6. The van der Waals surface area contributed by atoms with E-state index in [1.807, 2.05) is 18.4 Å². The summed E-state index contributed by atoms with van der Waals surface area (Å²) in [5, 5.41) is 1.87. The van der Waals surface area contributed by atoms with Gasteiger partial charge in [0.15, 0.2) is 9.84 Å². The Labute approximate surface area is 107 Å². The van der Waals surface area contributed by atoms with Crippen molar-refractivity contribution >= 4 is 21.2 Å². The van der Waals surface area contributed by atoms with Crippen molar-refractivity contribution in [2.24, 2.45) is 0 Å². The molecule has 0 bridgehead atoms. The standard InChI is InChI=1S/C12H19NO2S2/c1-4-13(5-2)9-12(3)8-10-6-7-16-11(10)17(12,14)15/h6-7H,4-5,8-9H2,1-3H3. The zero-order valence-corrected chi connectivity index (χ0v) is 12.2. The first-order chi connectivity index (χ1) is 7.94. The van der Waals surface area contributed by atoms with Crippen LogP contribution in [0.1, 0.15) is 26.3 Å². The van der Waals surface area contributed by atoms with Gasteiger partial charge >= 0.3 is 0 Å². The summed E-state index contributed by atoms with van der Waals surface area (Å²) in [6.07, 6.45) is 0.657. The fourth-order valence-electron chi connectivity index (χ4n) is 2.47. The van der Waals surface area contributed by atoms with Crippen LogP contribution >= 0.6 is 11.3 Å². The molecule has 96 valence electrons. The molecule has 0 aliphatic carbocycles. The molecule has 17 heavy (non-hydrogen) atoms. The van der Waals surface area contributed by atoms with Crippen LogP contribution < -0.4 is 0 Å². The van der Waals surface area contributed by atoms with Gasteiger partial charge in [-0.25, -0.2) is 8.42 Å². The monoisotopic (exact) mass is 273 g/mol. The number of hydrogen-bond acceptors (Lipinski definition) is 4. The second kappa shape index (κ2) is 4.37. The van der Waals surface area contributed by atoms with Crippen molar-refractivity contribution in [1.82, 2.24) is 4.90 Å². The Balaban J connectivity index is 2.33. The maximum absolute atomic E-state index is 12.5. The van der Waals surface area contributed by atoms with E-state index in [2.05, 4.69) is 18.7 Å². The molecule has 1 aromatic heterocycles. The van der Waals surface area contributed by atoms with Gasteiger partial charge in [-0.05, 0) is 43.4 Å². The Morgan fingerprint density at radius 3 is 2.59 bits per heavy atom. The molecule has 0 N–H and O–H groups in total. The Bertz CT molecular complexity index is 502. The molecule has 3 nitrogen and oxygen atoms in total. The number of rotatable bonds is 4. The molecule has 1 aliphatic rings. The van der Waals surface area contributed by atoms with Crippen LogP contribution in [0.3, 0.4) is 0 Å². The van der Waals surface area contributed by atoms with Gasteiger partial charge in [0.05, 0.1) is 4.75 Å². The number of thiophene rings is 1. The van der Waals surface area contributed by atoms with Crippen LogP contribution in [-0.2, 0) is 16.3 Å². The van der Waals surface area contributed by atoms with Crippen molar-refractivity contribution in [3.05, 3.63) is 17.0 Å². The molecule has 0 fully saturated rings. The smallest absolute Gasteiger partial charge is 0.195 e. The van der Waals surface area contributed by atoms with Crippen LogP contribution in [0.15, 0.2) is 15.7 Å².